The maximum Gasteiger partial charge on any atom is 0.253 e. The van der Waals surface area contributed by atoms with Gasteiger partial charge in [0.05, 0.1) is 0 Å². The molecule has 1 heterocycles. The first-order valence-electron chi connectivity index (χ1n) is 5.59. The second-order valence-electron chi connectivity index (χ2n) is 3.80. The highest BCUT2D eigenvalue weighted by Gasteiger charge is 2.05. The number of halogens is 1. The first-order valence-corrected chi connectivity index (χ1v) is 6.38. The van der Waals surface area contributed by atoms with Crippen LogP contribution in [0, 0.1) is 6.92 Å². The Hall–Kier alpha value is -1.40. The molecule has 1 aromatic heterocycles. The maximum absolute atomic E-state index is 5.59. The third-order valence-electron chi connectivity index (χ3n) is 2.36. The van der Waals surface area contributed by atoms with Crippen molar-refractivity contribution in [1.29, 1.82) is 0 Å². The van der Waals surface area contributed by atoms with Crippen molar-refractivity contribution >= 4 is 15.9 Å². The van der Waals surface area contributed by atoms with Crippen LogP contribution in [0.3, 0.4) is 0 Å². The van der Waals surface area contributed by atoms with Crippen LogP contribution in [-0.4, -0.2) is 16.7 Å². The first kappa shape index (κ1) is 13.0. The third-order valence-corrected chi connectivity index (χ3v) is 3.13. The van der Waals surface area contributed by atoms with E-state index in [-0.39, 0.29) is 6.61 Å². The SMILES string of the molecule is Cc1nnc(COc2ccc(Br)c(CCN)c2)o1. The van der Waals surface area contributed by atoms with Crippen LogP contribution in [0.5, 0.6) is 5.75 Å². The highest BCUT2D eigenvalue weighted by Crippen LogP contribution is 2.23. The molecule has 0 unspecified atom stereocenters. The van der Waals surface area contributed by atoms with E-state index in [2.05, 4.69) is 26.1 Å². The van der Waals surface area contributed by atoms with Crippen molar-refractivity contribution < 1.29 is 9.15 Å². The molecule has 0 spiro atoms. The smallest absolute Gasteiger partial charge is 0.253 e. The fraction of sp³-hybridized carbons (Fsp3) is 0.333. The van der Waals surface area contributed by atoms with Gasteiger partial charge in [-0.1, -0.05) is 15.9 Å². The number of aryl methyl sites for hydroxylation is 1. The molecule has 96 valence electrons. The molecule has 0 atom stereocenters. The molecule has 0 aliphatic rings. The molecule has 0 amide bonds. The van der Waals surface area contributed by atoms with Crippen LogP contribution < -0.4 is 10.5 Å². The number of rotatable bonds is 5. The summed E-state index contributed by atoms with van der Waals surface area (Å²) in [7, 11) is 0. The zero-order valence-corrected chi connectivity index (χ0v) is 11.6. The Balaban J connectivity index is 2.03. The van der Waals surface area contributed by atoms with Gasteiger partial charge < -0.3 is 14.9 Å². The van der Waals surface area contributed by atoms with E-state index in [9.17, 15) is 0 Å². The minimum Gasteiger partial charge on any atom is -0.484 e. The van der Waals surface area contributed by atoms with Crippen LogP contribution in [0.25, 0.3) is 0 Å². The minimum absolute atomic E-state index is 0.268. The lowest BCUT2D eigenvalue weighted by Crippen LogP contribution is -2.04. The summed E-state index contributed by atoms with van der Waals surface area (Å²) in [5.41, 5.74) is 6.67. The topological polar surface area (TPSA) is 74.2 Å². The predicted molar refractivity (Wildman–Crippen MR) is 70.3 cm³/mol. The fourth-order valence-electron chi connectivity index (χ4n) is 1.53. The number of benzene rings is 1. The van der Waals surface area contributed by atoms with Crippen molar-refractivity contribution in [2.45, 2.75) is 20.0 Å². The van der Waals surface area contributed by atoms with Gasteiger partial charge >= 0.3 is 0 Å². The summed E-state index contributed by atoms with van der Waals surface area (Å²) in [5, 5.41) is 7.61. The zero-order chi connectivity index (χ0) is 13.0. The largest absolute Gasteiger partial charge is 0.484 e. The van der Waals surface area contributed by atoms with Crippen LogP contribution in [-0.2, 0) is 13.0 Å². The van der Waals surface area contributed by atoms with Gasteiger partial charge in [0.15, 0.2) is 6.61 Å². The normalized spacial score (nSPS) is 10.6. The van der Waals surface area contributed by atoms with Crippen molar-refractivity contribution in [3.8, 4) is 5.75 Å². The molecular weight excluding hydrogens is 298 g/mol. The minimum atomic E-state index is 0.268. The molecule has 6 heteroatoms. The summed E-state index contributed by atoms with van der Waals surface area (Å²) in [6.45, 7) is 2.62. The van der Waals surface area contributed by atoms with E-state index in [1.807, 2.05) is 18.2 Å². The lowest BCUT2D eigenvalue weighted by molar-refractivity contribution is 0.260. The quantitative estimate of drug-likeness (QED) is 0.916. The molecule has 0 bridgehead atoms. The fourth-order valence-corrected chi connectivity index (χ4v) is 1.97. The molecule has 0 saturated carbocycles. The lowest BCUT2D eigenvalue weighted by atomic mass is 10.1. The Labute approximate surface area is 113 Å². The molecule has 0 fully saturated rings. The van der Waals surface area contributed by atoms with Gasteiger partial charge in [-0.25, -0.2) is 0 Å². The Morgan fingerprint density at radius 3 is 2.89 bits per heavy atom. The van der Waals surface area contributed by atoms with Gasteiger partial charge in [-0.3, -0.25) is 0 Å². The monoisotopic (exact) mass is 311 g/mol. The third kappa shape index (κ3) is 3.30. The van der Waals surface area contributed by atoms with Crippen LogP contribution in [0.2, 0.25) is 0 Å². The lowest BCUT2D eigenvalue weighted by Gasteiger charge is -2.07. The second kappa shape index (κ2) is 5.97. The molecule has 5 nitrogen and oxygen atoms in total. The predicted octanol–water partition coefficient (Wildman–Crippen LogP) is 2.22. The number of hydrogen-bond donors (Lipinski definition) is 1. The molecule has 0 saturated heterocycles. The molecule has 0 aliphatic carbocycles. The van der Waals surface area contributed by atoms with E-state index in [0.29, 0.717) is 18.3 Å². The van der Waals surface area contributed by atoms with Gasteiger partial charge in [-0.2, -0.15) is 0 Å². The van der Waals surface area contributed by atoms with Crippen LogP contribution in [0.15, 0.2) is 27.1 Å². The molecular formula is C12H14BrN3O2. The van der Waals surface area contributed by atoms with Crippen molar-refractivity contribution in [2.75, 3.05) is 6.54 Å². The van der Waals surface area contributed by atoms with Gasteiger partial charge in [0.1, 0.15) is 5.75 Å². The Morgan fingerprint density at radius 1 is 1.39 bits per heavy atom. The van der Waals surface area contributed by atoms with E-state index in [0.717, 1.165) is 22.2 Å². The molecule has 2 aromatic rings. The highest BCUT2D eigenvalue weighted by atomic mass is 79.9. The van der Waals surface area contributed by atoms with E-state index in [1.54, 1.807) is 6.92 Å². The summed E-state index contributed by atoms with van der Waals surface area (Å²) in [4.78, 5) is 0. The molecule has 0 aliphatic heterocycles. The van der Waals surface area contributed by atoms with Gasteiger partial charge in [0.2, 0.25) is 5.89 Å². The summed E-state index contributed by atoms with van der Waals surface area (Å²) < 4.78 is 11.9. The average Bonchev–Trinajstić information content (AvgIpc) is 2.76. The van der Waals surface area contributed by atoms with E-state index >= 15 is 0 Å². The number of hydrogen-bond acceptors (Lipinski definition) is 5. The number of aromatic nitrogens is 2. The zero-order valence-electron chi connectivity index (χ0n) is 10.0. The molecule has 2 rings (SSSR count). The van der Waals surface area contributed by atoms with E-state index in [1.165, 1.54) is 0 Å². The molecule has 18 heavy (non-hydrogen) atoms. The Morgan fingerprint density at radius 2 is 2.22 bits per heavy atom. The van der Waals surface area contributed by atoms with Gasteiger partial charge in [0.25, 0.3) is 5.89 Å². The Kier molecular flexibility index (Phi) is 4.33. The van der Waals surface area contributed by atoms with Crippen LogP contribution >= 0.6 is 15.9 Å². The summed E-state index contributed by atoms with van der Waals surface area (Å²) in [5.74, 6) is 1.77. The Bertz CT molecular complexity index is 528. The first-order chi connectivity index (χ1) is 8.69. The average molecular weight is 312 g/mol. The highest BCUT2D eigenvalue weighted by molar-refractivity contribution is 9.10. The summed E-state index contributed by atoms with van der Waals surface area (Å²) in [6.07, 6.45) is 0.803. The van der Waals surface area contributed by atoms with Crippen molar-refractivity contribution in [2.24, 2.45) is 5.73 Å². The van der Waals surface area contributed by atoms with E-state index in [4.69, 9.17) is 14.9 Å². The summed E-state index contributed by atoms with van der Waals surface area (Å²) >= 11 is 3.48. The standard InChI is InChI=1S/C12H14BrN3O2/c1-8-15-16-12(18-8)7-17-10-2-3-11(13)9(6-10)4-5-14/h2-3,6H,4-5,7,14H2,1H3. The van der Waals surface area contributed by atoms with Gasteiger partial charge in [0, 0.05) is 11.4 Å². The van der Waals surface area contributed by atoms with Crippen LogP contribution in [0.1, 0.15) is 17.3 Å². The molecule has 0 radical (unpaired) electrons. The van der Waals surface area contributed by atoms with Gasteiger partial charge in [-0.15, -0.1) is 10.2 Å². The summed E-state index contributed by atoms with van der Waals surface area (Å²) in [6, 6.07) is 5.78. The maximum atomic E-state index is 5.59. The van der Waals surface area contributed by atoms with Crippen LogP contribution in [0.4, 0.5) is 0 Å². The number of ether oxygens (including phenoxy) is 1. The number of nitrogens with zero attached hydrogens (tertiary/aromatic N) is 2. The van der Waals surface area contributed by atoms with E-state index < -0.39 is 0 Å². The second-order valence-corrected chi connectivity index (χ2v) is 4.65. The number of nitrogens with two attached hydrogens (primary N) is 1. The van der Waals surface area contributed by atoms with Crippen molar-refractivity contribution in [1.82, 2.24) is 10.2 Å². The van der Waals surface area contributed by atoms with Crippen molar-refractivity contribution in [3.05, 3.63) is 40.0 Å². The van der Waals surface area contributed by atoms with Crippen molar-refractivity contribution in [3.63, 3.8) is 0 Å². The molecule has 2 N–H and O–H groups in total. The molecule has 1 aromatic carbocycles. The van der Waals surface area contributed by atoms with Gasteiger partial charge in [-0.05, 0) is 36.7 Å².